The van der Waals surface area contributed by atoms with Crippen molar-refractivity contribution in [2.45, 2.75) is 32.1 Å². The van der Waals surface area contributed by atoms with Crippen molar-refractivity contribution in [2.75, 3.05) is 0 Å². The highest BCUT2D eigenvalue weighted by Gasteiger charge is 2.31. The number of nitrogens with one attached hydrogen (secondary N) is 1. The van der Waals surface area contributed by atoms with E-state index in [0.717, 1.165) is 0 Å². The average Bonchev–Trinajstić information content (AvgIpc) is 2.87. The smallest absolute Gasteiger partial charge is 0.331 e. The molecule has 1 aromatic carbocycles. The summed E-state index contributed by atoms with van der Waals surface area (Å²) in [5.74, 6) is -3.18. The number of aliphatic carboxylic acids is 2. The Morgan fingerprint density at radius 3 is 2.07 bits per heavy atom. The third kappa shape index (κ3) is 5.61. The lowest BCUT2D eigenvalue weighted by atomic mass is 10.0. The van der Waals surface area contributed by atoms with Gasteiger partial charge in [-0.1, -0.05) is 18.2 Å². The molecule has 0 spiro atoms. The van der Waals surface area contributed by atoms with E-state index in [1.165, 1.54) is 39.0 Å². The van der Waals surface area contributed by atoms with Crippen molar-refractivity contribution in [3.63, 3.8) is 0 Å². The lowest BCUT2D eigenvalue weighted by Crippen LogP contribution is -2.20. The minimum atomic E-state index is -3.55. The molecule has 0 saturated heterocycles. The van der Waals surface area contributed by atoms with Gasteiger partial charge in [0, 0.05) is 23.1 Å². The third-order valence-electron chi connectivity index (χ3n) is 3.88. The van der Waals surface area contributed by atoms with Crippen molar-refractivity contribution in [3.05, 3.63) is 52.6 Å². The van der Waals surface area contributed by atoms with Crippen LogP contribution in [0.2, 0.25) is 0 Å². The van der Waals surface area contributed by atoms with Crippen LogP contribution in [0, 0.1) is 0 Å². The summed E-state index contributed by atoms with van der Waals surface area (Å²) in [7, 11) is -3.55. The van der Waals surface area contributed by atoms with Crippen LogP contribution in [0.4, 0.5) is 0 Å². The first-order valence-corrected chi connectivity index (χ1v) is 9.37. The van der Waals surface area contributed by atoms with Crippen LogP contribution in [0.15, 0.2) is 52.0 Å². The van der Waals surface area contributed by atoms with Gasteiger partial charge in [0.1, 0.15) is 4.90 Å². The third-order valence-corrected chi connectivity index (χ3v) is 5.27. The minimum absolute atomic E-state index is 0.0219. The molecule has 1 aliphatic heterocycles. The number of allylic oxidation sites excluding steroid dienone is 2. The summed E-state index contributed by atoms with van der Waals surface area (Å²) in [6.07, 6.45) is 1.16. The van der Waals surface area contributed by atoms with E-state index in [-0.39, 0.29) is 39.4 Å². The summed E-state index contributed by atoms with van der Waals surface area (Å²) in [6.45, 7) is 4.12. The van der Waals surface area contributed by atoms with E-state index in [1.54, 1.807) is 12.1 Å². The van der Waals surface area contributed by atoms with Gasteiger partial charge in [-0.2, -0.15) is 0 Å². The van der Waals surface area contributed by atoms with Crippen LogP contribution < -0.4 is 4.72 Å². The quantitative estimate of drug-likeness (QED) is 0.618. The van der Waals surface area contributed by atoms with Crippen LogP contribution in [0.1, 0.15) is 37.6 Å². The molecule has 0 aliphatic carbocycles. The summed E-state index contributed by atoms with van der Waals surface area (Å²) in [5.41, 5.74) is 0.403. The number of carbonyl (C=O) groups excluding carboxylic acids is 2. The van der Waals surface area contributed by atoms with E-state index in [9.17, 15) is 27.6 Å². The van der Waals surface area contributed by atoms with Gasteiger partial charge >= 0.3 is 11.9 Å². The number of carbonyl (C=O) groups is 4. The predicted molar refractivity (Wildman–Crippen MR) is 98.1 cm³/mol. The summed E-state index contributed by atoms with van der Waals surface area (Å²) < 4.78 is 24.2. The van der Waals surface area contributed by atoms with Crippen molar-refractivity contribution < 1.29 is 37.8 Å². The molecule has 1 amide bonds. The largest absolute Gasteiger partial charge is 0.478 e. The zero-order valence-electron chi connectivity index (χ0n) is 15.3. The Morgan fingerprint density at radius 1 is 1.00 bits per heavy atom. The fraction of sp³-hybridized carbons (Fsp3) is 0.222. The van der Waals surface area contributed by atoms with Gasteiger partial charge in [-0.25, -0.2) is 22.7 Å². The molecule has 0 bridgehead atoms. The molecule has 0 aromatic heterocycles. The number of hydrogen-bond acceptors (Lipinski definition) is 6. The van der Waals surface area contributed by atoms with Crippen LogP contribution >= 0.6 is 0 Å². The molecule has 1 aliphatic rings. The zero-order valence-corrected chi connectivity index (χ0v) is 16.2. The molecule has 2 rings (SSSR count). The molecule has 3 N–H and O–H groups in total. The number of sulfonamides is 1. The van der Waals surface area contributed by atoms with Crippen molar-refractivity contribution >= 4 is 33.7 Å². The maximum atomic E-state index is 11.5. The molecule has 0 radical (unpaired) electrons. The highest BCUT2D eigenvalue weighted by atomic mass is 32.2. The Morgan fingerprint density at radius 2 is 1.57 bits per heavy atom. The Bertz CT molecular complexity index is 1000. The van der Waals surface area contributed by atoms with Gasteiger partial charge < -0.3 is 10.2 Å². The van der Waals surface area contributed by atoms with Gasteiger partial charge in [-0.05, 0) is 32.9 Å². The van der Waals surface area contributed by atoms with E-state index in [4.69, 9.17) is 10.2 Å². The van der Waals surface area contributed by atoms with Crippen LogP contribution in [-0.2, 0) is 24.4 Å². The molecule has 0 atom stereocenters. The summed E-state index contributed by atoms with van der Waals surface area (Å²) in [4.78, 5) is 43.5. The molecule has 0 saturated carbocycles. The van der Waals surface area contributed by atoms with Crippen LogP contribution in [0.3, 0.4) is 0 Å². The average molecular weight is 409 g/mol. The molecular weight excluding hydrogens is 390 g/mol. The second kappa shape index (κ2) is 9.09. The van der Waals surface area contributed by atoms with Crippen LogP contribution in [0.25, 0.3) is 0 Å². The van der Waals surface area contributed by atoms with Crippen molar-refractivity contribution in [3.8, 4) is 0 Å². The SMILES string of the molecule is CC(=CCC(=O)C(C)=C(C)C(=O)O)C(=O)O.O=C1NS(=O)(=O)c2ccccc21. The maximum absolute atomic E-state index is 11.5. The number of Topliss-reactive ketones (excluding diaryl/α,β-unsaturated/α-hetero) is 1. The van der Waals surface area contributed by atoms with Gasteiger partial charge in [-0.15, -0.1) is 0 Å². The van der Waals surface area contributed by atoms with Crippen LogP contribution in [0.5, 0.6) is 0 Å². The van der Waals surface area contributed by atoms with E-state index in [2.05, 4.69) is 0 Å². The van der Waals surface area contributed by atoms with Crippen molar-refractivity contribution in [2.24, 2.45) is 0 Å². The minimum Gasteiger partial charge on any atom is -0.478 e. The fourth-order valence-electron chi connectivity index (χ4n) is 1.98. The maximum Gasteiger partial charge on any atom is 0.331 e. The van der Waals surface area contributed by atoms with Gasteiger partial charge in [0.05, 0.1) is 5.56 Å². The number of ketones is 1. The molecule has 0 unspecified atom stereocenters. The molecule has 1 aromatic rings. The second-order valence-electron chi connectivity index (χ2n) is 5.81. The number of carboxylic acid groups (broad SMARTS) is 2. The zero-order chi connectivity index (χ0) is 21.6. The number of amides is 1. The van der Waals surface area contributed by atoms with Gasteiger partial charge in [0.2, 0.25) is 0 Å². The molecule has 9 nitrogen and oxygen atoms in total. The fourth-order valence-corrected chi connectivity index (χ4v) is 3.15. The summed E-state index contributed by atoms with van der Waals surface area (Å²) >= 11 is 0. The number of benzene rings is 1. The molecule has 0 fully saturated rings. The first-order chi connectivity index (χ1) is 12.9. The molecule has 1 heterocycles. The first-order valence-electron chi connectivity index (χ1n) is 7.88. The van der Waals surface area contributed by atoms with Crippen molar-refractivity contribution in [1.82, 2.24) is 4.72 Å². The van der Waals surface area contributed by atoms with Gasteiger partial charge in [0.15, 0.2) is 5.78 Å². The Hall–Kier alpha value is -3.27. The monoisotopic (exact) mass is 409 g/mol. The Labute approximate surface area is 161 Å². The number of hydrogen-bond donors (Lipinski definition) is 3. The van der Waals surface area contributed by atoms with Gasteiger partial charge in [0.25, 0.3) is 15.9 Å². The van der Waals surface area contributed by atoms with E-state index >= 15 is 0 Å². The first kappa shape index (κ1) is 22.8. The second-order valence-corrected chi connectivity index (χ2v) is 7.46. The summed E-state index contributed by atoms with van der Waals surface area (Å²) in [6, 6.07) is 6.09. The molecule has 10 heteroatoms. The topological polar surface area (TPSA) is 155 Å². The molecular formula is C18H19NO8S. The van der Waals surface area contributed by atoms with E-state index in [1.807, 2.05) is 4.72 Å². The van der Waals surface area contributed by atoms with Gasteiger partial charge in [-0.3, -0.25) is 9.59 Å². The number of fused-ring (bicyclic) bond motifs is 1. The van der Waals surface area contributed by atoms with E-state index < -0.39 is 27.9 Å². The summed E-state index contributed by atoms with van der Waals surface area (Å²) in [5, 5.41) is 17.2. The lowest BCUT2D eigenvalue weighted by Gasteiger charge is -2.01. The standard InChI is InChI=1S/C11H14O5.C7H5NO3S/c1-6(10(13)14)4-5-9(12)7(2)8(3)11(15)16;9-7-5-3-1-2-4-6(5)12(10,11)8-7/h4H,5H2,1-3H3,(H,13,14)(H,15,16);1-4H,(H,8,9). The predicted octanol–water partition coefficient (Wildman–Crippen LogP) is 1.52. The Balaban J connectivity index is 0.000000289. The normalized spacial score (nSPS) is 15.4. The van der Waals surface area contributed by atoms with Crippen molar-refractivity contribution in [1.29, 1.82) is 0 Å². The molecule has 28 heavy (non-hydrogen) atoms. The van der Waals surface area contributed by atoms with Crippen LogP contribution in [-0.4, -0.2) is 42.3 Å². The lowest BCUT2D eigenvalue weighted by molar-refractivity contribution is -0.133. The Kier molecular flexibility index (Phi) is 7.39. The molecule has 150 valence electrons. The highest BCUT2D eigenvalue weighted by Crippen LogP contribution is 2.20. The van der Waals surface area contributed by atoms with E-state index in [0.29, 0.717) is 0 Å². The number of carboxylic acids is 2. The highest BCUT2D eigenvalue weighted by molar-refractivity contribution is 7.90. The number of rotatable bonds is 5.